The molecule has 4 rings (SSSR count). The van der Waals surface area contributed by atoms with Crippen LogP contribution in [0.1, 0.15) is 19.3 Å². The molecule has 1 fully saturated rings. The van der Waals surface area contributed by atoms with Crippen LogP contribution < -0.4 is 27.5 Å². The van der Waals surface area contributed by atoms with Crippen molar-refractivity contribution >= 4 is 28.2 Å². The molecule has 142 valence electrons. The molecule has 0 radical (unpaired) electrons. The van der Waals surface area contributed by atoms with Crippen LogP contribution in [0.5, 0.6) is 0 Å². The summed E-state index contributed by atoms with van der Waals surface area (Å²) in [6, 6.07) is 9.39. The number of fused-ring (bicyclic) bond motifs is 1. The molecule has 0 aliphatic carbocycles. The van der Waals surface area contributed by atoms with Crippen LogP contribution in [-0.4, -0.2) is 38.2 Å². The zero-order valence-electron chi connectivity index (χ0n) is 14.8. The van der Waals surface area contributed by atoms with Gasteiger partial charge in [-0.05, 0) is 19.3 Å². The highest BCUT2D eigenvalue weighted by molar-refractivity contribution is 5.90. The van der Waals surface area contributed by atoms with Gasteiger partial charge in [0.1, 0.15) is 11.6 Å². The average molecular weight is 369 g/mol. The third-order valence-electron chi connectivity index (χ3n) is 4.33. The van der Waals surface area contributed by atoms with E-state index in [9.17, 15) is 5.21 Å². The van der Waals surface area contributed by atoms with Crippen molar-refractivity contribution in [3.8, 4) is 0 Å². The number of aromatic nitrogens is 4. The van der Waals surface area contributed by atoms with Gasteiger partial charge in [0.15, 0.2) is 5.82 Å². The van der Waals surface area contributed by atoms with Crippen molar-refractivity contribution in [2.75, 3.05) is 29.1 Å². The Kier molecular flexibility index (Phi) is 5.67. The van der Waals surface area contributed by atoms with Crippen LogP contribution in [0.3, 0.4) is 0 Å². The van der Waals surface area contributed by atoms with E-state index in [4.69, 9.17) is 17.0 Å². The number of piperidine rings is 1. The van der Waals surface area contributed by atoms with Gasteiger partial charge in [-0.25, -0.2) is 5.84 Å². The highest BCUT2D eigenvalue weighted by Crippen LogP contribution is 2.18. The van der Waals surface area contributed by atoms with E-state index in [1.807, 2.05) is 24.3 Å². The van der Waals surface area contributed by atoms with Crippen molar-refractivity contribution in [2.24, 2.45) is 5.84 Å². The molecule has 10 heteroatoms. The maximum Gasteiger partial charge on any atom is 0.259 e. The van der Waals surface area contributed by atoms with E-state index in [0.717, 1.165) is 36.7 Å². The number of anilines is 3. The Balaban J connectivity index is 0.000000159. The van der Waals surface area contributed by atoms with Crippen molar-refractivity contribution in [3.05, 3.63) is 42.1 Å². The normalized spacial score (nSPS) is 13.7. The first-order valence-electron chi connectivity index (χ1n) is 8.65. The fraction of sp³-hybridized carbons (Fsp3) is 0.294. The fourth-order valence-corrected chi connectivity index (χ4v) is 2.92. The molecule has 1 aromatic carbocycles. The molecule has 0 spiro atoms. The van der Waals surface area contributed by atoms with Crippen molar-refractivity contribution in [2.45, 2.75) is 19.3 Å². The third-order valence-corrected chi connectivity index (χ3v) is 4.33. The Morgan fingerprint density at radius 2 is 1.89 bits per heavy atom. The van der Waals surface area contributed by atoms with Crippen LogP contribution in [0.4, 0.5) is 17.5 Å². The second-order valence-corrected chi connectivity index (χ2v) is 6.15. The zero-order valence-corrected chi connectivity index (χ0v) is 14.8. The number of rotatable bonds is 2. The van der Waals surface area contributed by atoms with E-state index in [1.54, 1.807) is 12.3 Å². The average Bonchev–Trinajstić information content (AvgIpc) is 2.72. The molecule has 0 atom stereocenters. The van der Waals surface area contributed by atoms with Crippen molar-refractivity contribution in [1.29, 1.82) is 5.41 Å². The SMILES string of the molecule is N=c1nc(N2CCCCC2)cc(N)n1O.NNc1nncc2ccccc12. The number of nitrogens with two attached hydrogens (primary N) is 2. The molecule has 0 amide bonds. The summed E-state index contributed by atoms with van der Waals surface area (Å²) in [5.74, 6) is 6.70. The predicted molar refractivity (Wildman–Crippen MR) is 103 cm³/mol. The smallest absolute Gasteiger partial charge is 0.259 e. The zero-order chi connectivity index (χ0) is 19.2. The lowest BCUT2D eigenvalue weighted by Gasteiger charge is -2.27. The summed E-state index contributed by atoms with van der Waals surface area (Å²) in [7, 11) is 0. The molecule has 0 saturated carbocycles. The van der Waals surface area contributed by atoms with Crippen molar-refractivity contribution in [3.63, 3.8) is 0 Å². The summed E-state index contributed by atoms with van der Waals surface area (Å²) in [6.45, 7) is 1.89. The topological polar surface area (TPSA) is 155 Å². The lowest BCUT2D eigenvalue weighted by atomic mass is 10.1. The van der Waals surface area contributed by atoms with Gasteiger partial charge in [-0.15, -0.1) is 9.83 Å². The van der Waals surface area contributed by atoms with Gasteiger partial charge < -0.3 is 21.3 Å². The number of nitrogens with zero attached hydrogens (tertiary/aromatic N) is 5. The predicted octanol–water partition coefficient (Wildman–Crippen LogP) is 1.09. The highest BCUT2D eigenvalue weighted by atomic mass is 16.5. The summed E-state index contributed by atoms with van der Waals surface area (Å²) in [6.07, 6.45) is 5.23. The van der Waals surface area contributed by atoms with E-state index >= 15 is 0 Å². The molecule has 7 N–H and O–H groups in total. The lowest BCUT2D eigenvalue weighted by molar-refractivity contribution is 0.171. The van der Waals surface area contributed by atoms with E-state index in [2.05, 4.69) is 25.5 Å². The summed E-state index contributed by atoms with van der Waals surface area (Å²) in [5.41, 5.74) is 7.82. The van der Waals surface area contributed by atoms with Gasteiger partial charge in [0.25, 0.3) is 5.62 Å². The molecule has 0 bridgehead atoms. The number of hydrogen-bond donors (Lipinski definition) is 5. The van der Waals surface area contributed by atoms with Gasteiger partial charge in [-0.1, -0.05) is 24.3 Å². The van der Waals surface area contributed by atoms with Gasteiger partial charge in [0, 0.05) is 29.9 Å². The molecular formula is C17H23N9O. The first-order valence-corrected chi connectivity index (χ1v) is 8.65. The minimum Gasteiger partial charge on any atom is -0.423 e. The Labute approximate surface area is 155 Å². The molecule has 3 heterocycles. The van der Waals surface area contributed by atoms with Gasteiger partial charge in [-0.2, -0.15) is 10.1 Å². The van der Waals surface area contributed by atoms with Crippen LogP contribution in [0.15, 0.2) is 36.5 Å². The molecular weight excluding hydrogens is 346 g/mol. The van der Waals surface area contributed by atoms with Crippen LogP contribution in [0.2, 0.25) is 0 Å². The van der Waals surface area contributed by atoms with Crippen LogP contribution >= 0.6 is 0 Å². The molecule has 1 saturated heterocycles. The van der Waals surface area contributed by atoms with Crippen molar-refractivity contribution in [1.82, 2.24) is 19.9 Å². The molecule has 27 heavy (non-hydrogen) atoms. The van der Waals surface area contributed by atoms with Gasteiger partial charge >= 0.3 is 0 Å². The Morgan fingerprint density at radius 3 is 2.59 bits per heavy atom. The summed E-state index contributed by atoms with van der Waals surface area (Å²) >= 11 is 0. The monoisotopic (exact) mass is 369 g/mol. The first kappa shape index (κ1) is 18.4. The minimum absolute atomic E-state index is 0.149. The van der Waals surface area contributed by atoms with Crippen LogP contribution in [0, 0.1) is 5.41 Å². The second kappa shape index (κ2) is 8.32. The van der Waals surface area contributed by atoms with E-state index < -0.39 is 0 Å². The van der Waals surface area contributed by atoms with Crippen molar-refractivity contribution < 1.29 is 5.21 Å². The Bertz CT molecular complexity index is 961. The number of hydrazine groups is 1. The maximum absolute atomic E-state index is 9.25. The summed E-state index contributed by atoms with van der Waals surface area (Å²) in [5, 5.41) is 26.3. The number of nitrogen functional groups attached to an aromatic ring is 2. The first-order chi connectivity index (χ1) is 13.1. The van der Waals surface area contributed by atoms with E-state index in [0.29, 0.717) is 16.4 Å². The largest absolute Gasteiger partial charge is 0.423 e. The third kappa shape index (κ3) is 4.23. The summed E-state index contributed by atoms with van der Waals surface area (Å²) in [4.78, 5) is 6.08. The van der Waals surface area contributed by atoms with Crippen LogP contribution in [0.25, 0.3) is 10.8 Å². The molecule has 1 aliphatic rings. The molecule has 0 unspecified atom stereocenters. The standard InChI is InChI=1S/C9H15N5O.C8H8N4/c10-7-6-8(12-9(11)14(7)15)13-4-2-1-3-5-13;9-11-8-7-4-2-1-3-6(7)5-10-12-8/h6,11,15H,1-5,10H2;1-5H,9H2,(H,11,12). The van der Waals surface area contributed by atoms with E-state index in [-0.39, 0.29) is 11.4 Å². The van der Waals surface area contributed by atoms with Gasteiger partial charge in [0.05, 0.1) is 6.20 Å². The fourth-order valence-electron chi connectivity index (χ4n) is 2.92. The highest BCUT2D eigenvalue weighted by Gasteiger charge is 2.13. The number of nitrogens with one attached hydrogen (secondary N) is 2. The minimum atomic E-state index is -0.226. The molecule has 1 aliphatic heterocycles. The maximum atomic E-state index is 9.25. The van der Waals surface area contributed by atoms with Crippen LogP contribution in [-0.2, 0) is 0 Å². The van der Waals surface area contributed by atoms with Gasteiger partial charge in [-0.3, -0.25) is 5.41 Å². The number of hydrogen-bond acceptors (Lipinski definition) is 9. The molecule has 10 nitrogen and oxygen atoms in total. The molecule has 2 aromatic heterocycles. The Morgan fingerprint density at radius 1 is 1.15 bits per heavy atom. The van der Waals surface area contributed by atoms with Gasteiger partial charge in [0.2, 0.25) is 0 Å². The Hall–Kier alpha value is -3.40. The lowest BCUT2D eigenvalue weighted by Crippen LogP contribution is -2.33. The quantitative estimate of drug-likeness (QED) is 0.255. The molecule has 3 aromatic rings. The second-order valence-electron chi connectivity index (χ2n) is 6.15. The summed E-state index contributed by atoms with van der Waals surface area (Å²) < 4.78 is 0.577. The van der Waals surface area contributed by atoms with E-state index in [1.165, 1.54) is 6.42 Å². The number of benzene rings is 1.